The first kappa shape index (κ1) is 15.5. The average molecular weight is 356 g/mol. The van der Waals surface area contributed by atoms with Crippen molar-refractivity contribution in [1.82, 2.24) is 10.2 Å². The lowest BCUT2D eigenvalue weighted by Crippen LogP contribution is -2.42. The van der Waals surface area contributed by atoms with Crippen molar-refractivity contribution in [2.75, 3.05) is 5.32 Å². The highest BCUT2D eigenvalue weighted by molar-refractivity contribution is 6.31. The Kier molecular flexibility index (Phi) is 3.11. The van der Waals surface area contributed by atoms with Gasteiger partial charge >= 0.3 is 0 Å². The molecule has 1 atom stereocenters. The van der Waals surface area contributed by atoms with Crippen LogP contribution in [0.3, 0.4) is 0 Å². The average Bonchev–Trinajstić information content (AvgIpc) is 3.09. The molecule has 3 heterocycles. The number of carbonyl (C=O) groups is 1. The van der Waals surface area contributed by atoms with Crippen LogP contribution in [0, 0.1) is 11.3 Å². The van der Waals surface area contributed by atoms with E-state index in [1.54, 1.807) is 18.2 Å². The minimum absolute atomic E-state index is 0.0204. The van der Waals surface area contributed by atoms with Crippen LogP contribution in [0.5, 0.6) is 5.88 Å². The lowest BCUT2D eigenvalue weighted by atomic mass is 9.68. The fraction of sp³-hybridized carbons (Fsp3) is 0.235. The van der Waals surface area contributed by atoms with E-state index >= 15 is 0 Å². The van der Waals surface area contributed by atoms with Gasteiger partial charge in [0, 0.05) is 22.0 Å². The van der Waals surface area contributed by atoms with Gasteiger partial charge in [-0.15, -0.1) is 5.10 Å². The van der Waals surface area contributed by atoms with Crippen molar-refractivity contribution < 1.29 is 9.53 Å². The number of ether oxygens (including phenoxy) is 1. The number of nitrogens with two attached hydrogens (primary N) is 1. The number of fused-ring (bicyclic) bond motifs is 4. The number of nitrogens with zero attached hydrogens (tertiary/aromatic N) is 2. The van der Waals surface area contributed by atoms with Crippen LogP contribution < -0.4 is 15.8 Å². The van der Waals surface area contributed by atoms with E-state index in [4.69, 9.17) is 22.1 Å². The number of halogens is 1. The van der Waals surface area contributed by atoms with Crippen molar-refractivity contribution in [3.63, 3.8) is 0 Å². The Morgan fingerprint density at radius 2 is 2.20 bits per heavy atom. The summed E-state index contributed by atoms with van der Waals surface area (Å²) in [6.45, 7) is 3.92. The summed E-state index contributed by atoms with van der Waals surface area (Å²) in [6, 6.07) is 7.12. The van der Waals surface area contributed by atoms with Crippen molar-refractivity contribution in [2.24, 2.45) is 5.73 Å². The topological polar surface area (TPSA) is 117 Å². The summed E-state index contributed by atoms with van der Waals surface area (Å²) in [5, 5.41) is 20.1. The molecule has 4 N–H and O–H groups in total. The molecule has 0 bridgehead atoms. The highest BCUT2D eigenvalue weighted by atomic mass is 35.5. The summed E-state index contributed by atoms with van der Waals surface area (Å²) in [7, 11) is 0. The Morgan fingerprint density at radius 3 is 2.88 bits per heavy atom. The number of benzene rings is 1. The molecule has 126 valence electrons. The second kappa shape index (κ2) is 5.01. The molecule has 0 aliphatic carbocycles. The molecule has 2 aliphatic heterocycles. The van der Waals surface area contributed by atoms with E-state index in [-0.39, 0.29) is 29.2 Å². The highest BCUT2D eigenvalue weighted by Crippen LogP contribution is 2.54. The fourth-order valence-electron chi connectivity index (χ4n) is 3.57. The van der Waals surface area contributed by atoms with Crippen LogP contribution >= 0.6 is 11.6 Å². The van der Waals surface area contributed by atoms with Gasteiger partial charge in [0.15, 0.2) is 0 Å². The highest BCUT2D eigenvalue weighted by Gasteiger charge is 2.58. The van der Waals surface area contributed by atoms with Crippen molar-refractivity contribution in [3.8, 4) is 11.9 Å². The van der Waals surface area contributed by atoms with E-state index < -0.39 is 5.41 Å². The number of nitrogens with one attached hydrogen (secondary N) is 2. The first-order valence-corrected chi connectivity index (χ1v) is 8.07. The maximum absolute atomic E-state index is 13.2. The minimum Gasteiger partial charge on any atom is -0.420 e. The maximum atomic E-state index is 13.2. The van der Waals surface area contributed by atoms with Gasteiger partial charge in [-0.1, -0.05) is 25.4 Å². The second-order valence-corrected chi connectivity index (χ2v) is 6.76. The van der Waals surface area contributed by atoms with Crippen LogP contribution in [-0.4, -0.2) is 16.1 Å². The molecule has 4 rings (SSSR count). The third-order valence-corrected chi connectivity index (χ3v) is 4.86. The Hall–Kier alpha value is -2.98. The first-order valence-electron chi connectivity index (χ1n) is 7.69. The van der Waals surface area contributed by atoms with Crippen LogP contribution in [0.4, 0.5) is 5.69 Å². The zero-order valence-electron chi connectivity index (χ0n) is 13.5. The number of aromatic nitrogens is 2. The molecule has 7 nitrogen and oxygen atoms in total. The number of carbonyl (C=O) groups excluding carboxylic acids is 1. The summed E-state index contributed by atoms with van der Waals surface area (Å²) >= 11 is 6.18. The van der Waals surface area contributed by atoms with Crippen LogP contribution in [0.25, 0.3) is 0 Å². The predicted molar refractivity (Wildman–Crippen MR) is 91.0 cm³/mol. The molecule has 1 aromatic carbocycles. The Balaban J connectivity index is 2.17. The first-order chi connectivity index (χ1) is 11.9. The smallest absolute Gasteiger partial charge is 0.245 e. The molecule has 0 unspecified atom stereocenters. The van der Waals surface area contributed by atoms with E-state index in [0.717, 1.165) is 0 Å². The molecule has 0 saturated carbocycles. The molecular formula is C17H14ClN5O2. The molecular weight excluding hydrogens is 342 g/mol. The normalized spacial score (nSPS) is 21.0. The maximum Gasteiger partial charge on any atom is 0.245 e. The van der Waals surface area contributed by atoms with Crippen molar-refractivity contribution in [3.05, 3.63) is 51.5 Å². The molecule has 25 heavy (non-hydrogen) atoms. The Morgan fingerprint density at radius 1 is 1.44 bits per heavy atom. The molecule has 8 heteroatoms. The largest absolute Gasteiger partial charge is 0.420 e. The molecule has 1 spiro atoms. The summed E-state index contributed by atoms with van der Waals surface area (Å²) in [4.78, 5) is 13.2. The number of hydrogen-bond donors (Lipinski definition) is 3. The van der Waals surface area contributed by atoms with Gasteiger partial charge in [0.1, 0.15) is 17.1 Å². The van der Waals surface area contributed by atoms with Crippen LogP contribution in [0.1, 0.15) is 36.6 Å². The fourth-order valence-corrected chi connectivity index (χ4v) is 3.74. The molecule has 0 fully saturated rings. The van der Waals surface area contributed by atoms with Crippen LogP contribution in [0.2, 0.25) is 5.02 Å². The van der Waals surface area contributed by atoms with Gasteiger partial charge in [-0.25, -0.2) is 0 Å². The van der Waals surface area contributed by atoms with Gasteiger partial charge in [0.2, 0.25) is 17.7 Å². The molecule has 1 aromatic heterocycles. The van der Waals surface area contributed by atoms with E-state index in [9.17, 15) is 10.1 Å². The molecule has 1 amide bonds. The van der Waals surface area contributed by atoms with Gasteiger partial charge in [0.05, 0.1) is 5.56 Å². The van der Waals surface area contributed by atoms with Gasteiger partial charge in [0.25, 0.3) is 0 Å². The zero-order valence-corrected chi connectivity index (χ0v) is 14.2. The van der Waals surface area contributed by atoms with Crippen molar-refractivity contribution >= 4 is 23.2 Å². The lowest BCUT2D eigenvalue weighted by Gasteiger charge is -2.32. The number of hydrogen-bond acceptors (Lipinski definition) is 5. The number of anilines is 1. The quantitative estimate of drug-likeness (QED) is 0.726. The van der Waals surface area contributed by atoms with Crippen LogP contribution in [0.15, 0.2) is 29.7 Å². The standard InChI is InChI=1S/C17H14ClN5O2/c1-7(2)13-12-15(23-22-13)25-14(20)10(6-19)17(12)9-5-8(18)3-4-11(9)21-16(17)24/h3-5,7H,20H2,1-2H3,(H,21,24)(H,22,23)/t17-/m1/s1. The number of amides is 1. The third kappa shape index (κ3) is 1.80. The molecule has 2 aliphatic rings. The second-order valence-electron chi connectivity index (χ2n) is 6.32. The van der Waals surface area contributed by atoms with E-state index in [1.807, 2.05) is 13.8 Å². The molecule has 2 aromatic rings. The summed E-state index contributed by atoms with van der Waals surface area (Å²) in [6.07, 6.45) is 0. The summed E-state index contributed by atoms with van der Waals surface area (Å²) in [5.74, 6) is -0.299. The van der Waals surface area contributed by atoms with Crippen LogP contribution in [-0.2, 0) is 10.2 Å². The SMILES string of the molecule is CC(C)c1[nH]nc2c1[C@]1(C(=O)Nc3ccc(Cl)cc31)C(C#N)=C(N)O2. The molecule has 0 saturated heterocycles. The lowest BCUT2D eigenvalue weighted by molar-refractivity contribution is -0.118. The van der Waals surface area contributed by atoms with Gasteiger partial charge in [-0.2, -0.15) is 5.26 Å². The molecule has 0 radical (unpaired) electrons. The van der Waals surface area contributed by atoms with E-state index in [0.29, 0.717) is 27.5 Å². The number of aromatic amines is 1. The zero-order chi connectivity index (χ0) is 17.9. The van der Waals surface area contributed by atoms with Gasteiger partial charge < -0.3 is 15.8 Å². The van der Waals surface area contributed by atoms with Crippen molar-refractivity contribution in [1.29, 1.82) is 5.26 Å². The minimum atomic E-state index is -1.43. The van der Waals surface area contributed by atoms with Gasteiger partial charge in [-0.05, 0) is 24.1 Å². The van der Waals surface area contributed by atoms with E-state index in [2.05, 4.69) is 21.6 Å². The van der Waals surface area contributed by atoms with Crippen molar-refractivity contribution in [2.45, 2.75) is 25.2 Å². The van der Waals surface area contributed by atoms with Gasteiger partial charge in [-0.3, -0.25) is 9.89 Å². The summed E-state index contributed by atoms with van der Waals surface area (Å²) < 4.78 is 5.53. The summed E-state index contributed by atoms with van der Waals surface area (Å²) in [5.41, 5.74) is 6.93. The number of H-pyrrole nitrogens is 1. The van der Waals surface area contributed by atoms with E-state index in [1.165, 1.54) is 0 Å². The Bertz CT molecular complexity index is 1000. The monoisotopic (exact) mass is 355 g/mol. The predicted octanol–water partition coefficient (Wildman–Crippen LogP) is 2.51. The Labute approximate surface area is 148 Å². The third-order valence-electron chi connectivity index (χ3n) is 4.63. The number of nitriles is 1. The number of rotatable bonds is 1.